The zero-order valence-electron chi connectivity index (χ0n) is 18.8. The van der Waals surface area contributed by atoms with Gasteiger partial charge in [0.05, 0.1) is 0 Å². The number of para-hydroxylation sites is 1. The molecule has 0 amide bonds. The van der Waals surface area contributed by atoms with E-state index >= 15 is 0 Å². The van der Waals surface area contributed by atoms with Crippen molar-refractivity contribution >= 4 is 10.1 Å². The van der Waals surface area contributed by atoms with Crippen LogP contribution in [0.2, 0.25) is 0 Å². The maximum Gasteiger partial charge on any atom is 1.00 e. The molecule has 0 aliphatic carbocycles. The molecule has 31 heavy (non-hydrogen) atoms. The van der Waals surface area contributed by atoms with Crippen LogP contribution in [-0.2, 0) is 16.5 Å². The fourth-order valence-corrected chi connectivity index (χ4v) is 4.13. The van der Waals surface area contributed by atoms with Crippen molar-refractivity contribution in [3.05, 3.63) is 48.0 Å². The average molecular weight is 473 g/mol. The van der Waals surface area contributed by atoms with Gasteiger partial charge in [-0.15, -0.1) is 5.75 Å². The predicted molar refractivity (Wildman–Crippen MR) is 118 cm³/mol. The summed E-state index contributed by atoms with van der Waals surface area (Å²) >= 11 is 0. The van der Waals surface area contributed by atoms with Gasteiger partial charge in [-0.2, -0.15) is 8.42 Å². The third-order valence-corrected chi connectivity index (χ3v) is 6.07. The van der Waals surface area contributed by atoms with Crippen molar-refractivity contribution < 1.29 is 74.2 Å². The largest absolute Gasteiger partial charge is 1.00 e. The molecule has 1 N–H and O–H groups in total. The second-order valence-corrected chi connectivity index (χ2v) is 9.12. The second kappa shape index (κ2) is 15.4. The number of rotatable bonds is 14. The minimum absolute atomic E-state index is 0. The summed E-state index contributed by atoms with van der Waals surface area (Å²) in [4.78, 5) is -0.291. The molecule has 2 aromatic rings. The van der Waals surface area contributed by atoms with Crippen molar-refractivity contribution in [2.75, 3.05) is 0 Å². The summed E-state index contributed by atoms with van der Waals surface area (Å²) in [6, 6.07) is 10.4. The molecule has 0 aromatic heterocycles. The van der Waals surface area contributed by atoms with Crippen molar-refractivity contribution in [2.45, 2.75) is 82.4 Å². The maximum atomic E-state index is 11.8. The van der Waals surface area contributed by atoms with E-state index in [2.05, 4.69) is 6.92 Å². The second-order valence-electron chi connectivity index (χ2n) is 7.73. The molecule has 2 rings (SSSR count). The molecule has 0 aliphatic rings. The Kier molecular flexibility index (Phi) is 14.2. The van der Waals surface area contributed by atoms with Crippen molar-refractivity contribution in [1.82, 2.24) is 0 Å². The van der Waals surface area contributed by atoms with E-state index in [1.54, 1.807) is 18.2 Å². The Bertz CT molecular complexity index is 883. The minimum Gasteiger partial charge on any atom is -0.872 e. The normalized spacial score (nSPS) is 11.2. The molecule has 0 saturated carbocycles. The Morgan fingerprint density at radius 1 is 0.839 bits per heavy atom. The van der Waals surface area contributed by atoms with Gasteiger partial charge in [0.1, 0.15) is 16.4 Å². The monoisotopic (exact) mass is 472 g/mol. The molecular weight excluding hydrogens is 439 g/mol. The summed E-state index contributed by atoms with van der Waals surface area (Å²) in [7, 11) is -4.40. The Hall–Kier alpha value is -0.414. The van der Waals surface area contributed by atoms with Gasteiger partial charge in [-0.25, -0.2) is 0 Å². The smallest absolute Gasteiger partial charge is 0.872 e. The Morgan fingerprint density at radius 3 is 2.03 bits per heavy atom. The Labute approximate surface area is 229 Å². The van der Waals surface area contributed by atoms with E-state index < -0.39 is 10.1 Å². The number of unbranched alkanes of at least 4 members (excludes halogenated alkanes) is 9. The van der Waals surface area contributed by atoms with E-state index in [0.29, 0.717) is 12.2 Å². The first kappa shape index (κ1) is 28.6. The van der Waals surface area contributed by atoms with E-state index in [1.165, 1.54) is 75.6 Å². The summed E-state index contributed by atoms with van der Waals surface area (Å²) in [5.74, 6) is 0.386. The Morgan fingerprint density at radius 2 is 1.42 bits per heavy atom. The molecule has 0 spiro atoms. The van der Waals surface area contributed by atoms with Crippen LogP contribution in [0.3, 0.4) is 0 Å². The van der Waals surface area contributed by atoms with Crippen LogP contribution in [0.15, 0.2) is 47.4 Å². The van der Waals surface area contributed by atoms with Crippen molar-refractivity contribution in [3.8, 4) is 17.2 Å². The van der Waals surface area contributed by atoms with E-state index in [1.807, 2.05) is 0 Å². The number of benzene rings is 2. The molecule has 2 aromatic carbocycles. The summed E-state index contributed by atoms with van der Waals surface area (Å²) in [5.41, 5.74) is 0.757. The summed E-state index contributed by atoms with van der Waals surface area (Å²) in [5, 5.41) is 11.8. The molecule has 7 heteroatoms. The third kappa shape index (κ3) is 10.8. The van der Waals surface area contributed by atoms with E-state index in [-0.39, 0.29) is 67.8 Å². The van der Waals surface area contributed by atoms with Crippen molar-refractivity contribution in [2.24, 2.45) is 0 Å². The number of hydrogen-bond acceptors (Lipinski definition) is 4. The molecule has 0 heterocycles. The number of aryl methyl sites for hydroxylation is 1. The maximum absolute atomic E-state index is 11.8. The van der Waals surface area contributed by atoms with Gasteiger partial charge < -0.3 is 9.84 Å². The SMILES string of the molecule is CCCCCCCCCCCCc1cc([O-])ccc1Oc1ccccc1S(=O)(=O)O.[K+]. The molecular formula is C24H33KO5S. The van der Waals surface area contributed by atoms with E-state index in [9.17, 15) is 18.1 Å². The van der Waals surface area contributed by atoms with Crippen LogP contribution in [0.5, 0.6) is 17.2 Å². The van der Waals surface area contributed by atoms with Gasteiger partial charge in [-0.05, 0) is 36.6 Å². The van der Waals surface area contributed by atoms with Crippen molar-refractivity contribution in [3.63, 3.8) is 0 Å². The minimum atomic E-state index is -4.40. The fraction of sp³-hybridized carbons (Fsp3) is 0.500. The molecule has 0 bridgehead atoms. The average Bonchev–Trinajstić information content (AvgIpc) is 2.71. The third-order valence-electron chi connectivity index (χ3n) is 5.18. The number of ether oxygens (including phenoxy) is 1. The first-order valence-electron chi connectivity index (χ1n) is 11.0. The van der Waals surface area contributed by atoms with Crippen LogP contribution in [0.25, 0.3) is 0 Å². The molecule has 0 atom stereocenters. The molecule has 166 valence electrons. The standard InChI is InChI=1S/C24H34O5S.K/c1-2-3-4-5-6-7-8-9-10-11-14-20-19-21(25)17-18-22(20)29-23-15-12-13-16-24(23)30(26,27)28;/h12-13,15-19,25H,2-11,14H2,1H3,(H,26,27,28);/q;+1/p-1. The van der Waals surface area contributed by atoms with Gasteiger partial charge in [0.25, 0.3) is 10.1 Å². The Balaban J connectivity index is 0.00000480. The van der Waals surface area contributed by atoms with Gasteiger partial charge in [-0.1, -0.05) is 89.0 Å². The van der Waals surface area contributed by atoms with Crippen LogP contribution in [0, 0.1) is 0 Å². The van der Waals surface area contributed by atoms with Gasteiger partial charge in [-0.3, -0.25) is 4.55 Å². The van der Waals surface area contributed by atoms with Crippen LogP contribution < -0.4 is 61.2 Å². The molecule has 0 fully saturated rings. The van der Waals surface area contributed by atoms with Gasteiger partial charge in [0, 0.05) is 0 Å². The number of hydrogen-bond donors (Lipinski definition) is 1. The zero-order valence-corrected chi connectivity index (χ0v) is 22.7. The first-order valence-corrected chi connectivity index (χ1v) is 12.4. The van der Waals surface area contributed by atoms with Crippen LogP contribution in [-0.4, -0.2) is 13.0 Å². The topological polar surface area (TPSA) is 86.7 Å². The van der Waals surface area contributed by atoms with Crippen LogP contribution in [0.4, 0.5) is 0 Å². The van der Waals surface area contributed by atoms with E-state index in [0.717, 1.165) is 18.4 Å². The quantitative estimate of drug-likeness (QED) is 0.259. The summed E-state index contributed by atoms with van der Waals surface area (Å²) in [6.45, 7) is 2.23. The predicted octanol–water partition coefficient (Wildman–Crippen LogP) is 3.27. The molecule has 0 radical (unpaired) electrons. The molecule has 5 nitrogen and oxygen atoms in total. The van der Waals surface area contributed by atoms with Crippen molar-refractivity contribution in [1.29, 1.82) is 0 Å². The van der Waals surface area contributed by atoms with Crippen LogP contribution >= 0.6 is 0 Å². The van der Waals surface area contributed by atoms with Gasteiger partial charge in [0.15, 0.2) is 0 Å². The molecule has 0 saturated heterocycles. The van der Waals surface area contributed by atoms with Crippen LogP contribution in [0.1, 0.15) is 76.7 Å². The zero-order chi connectivity index (χ0) is 21.8. The van der Waals surface area contributed by atoms with Gasteiger partial charge in [0.2, 0.25) is 0 Å². The first-order chi connectivity index (χ1) is 14.4. The fourth-order valence-electron chi connectivity index (χ4n) is 3.52. The van der Waals surface area contributed by atoms with E-state index in [4.69, 9.17) is 4.74 Å². The molecule has 0 aliphatic heterocycles. The summed E-state index contributed by atoms with van der Waals surface area (Å²) < 4.78 is 38.4. The van der Waals surface area contributed by atoms with Gasteiger partial charge >= 0.3 is 51.4 Å². The summed E-state index contributed by atoms with van der Waals surface area (Å²) in [6.07, 6.45) is 13.0. The molecule has 0 unspecified atom stereocenters.